The van der Waals surface area contributed by atoms with Gasteiger partial charge in [-0.1, -0.05) is 32.1 Å². The smallest absolute Gasteiger partial charge is 0.324 e. The van der Waals surface area contributed by atoms with Gasteiger partial charge in [-0.25, -0.2) is 0 Å². The fourth-order valence-electron chi connectivity index (χ4n) is 4.78. The summed E-state index contributed by atoms with van der Waals surface area (Å²) >= 11 is 0.786. The summed E-state index contributed by atoms with van der Waals surface area (Å²) in [5, 5.41) is 11.0. The zero-order valence-electron chi connectivity index (χ0n) is 29.4. The minimum atomic E-state index is -2.66. The molecule has 0 bridgehead atoms. The summed E-state index contributed by atoms with van der Waals surface area (Å²) < 4.78 is 52.4. The Hall–Kier alpha value is -3.91. The zero-order chi connectivity index (χ0) is 37.7. The fraction of sp³-hybridized carbons (Fsp3) is 0.645. The van der Waals surface area contributed by atoms with Gasteiger partial charge in [0.1, 0.15) is 24.6 Å². The van der Waals surface area contributed by atoms with Crippen molar-refractivity contribution in [2.45, 2.75) is 123 Å². The summed E-state index contributed by atoms with van der Waals surface area (Å²) in [4.78, 5) is 72.1. The molecule has 0 unspecified atom stereocenters. The molecule has 50 heavy (non-hydrogen) atoms. The van der Waals surface area contributed by atoms with Crippen molar-refractivity contribution in [3.63, 3.8) is 0 Å². The van der Waals surface area contributed by atoms with Crippen molar-refractivity contribution in [3.05, 3.63) is 39.0 Å². The Balaban J connectivity index is 2.17. The Kier molecular flexibility index (Phi) is 13.3. The summed E-state index contributed by atoms with van der Waals surface area (Å²) in [6.45, 7) is 15.0. The van der Waals surface area contributed by atoms with Crippen molar-refractivity contribution in [2.75, 3.05) is 6.61 Å². The molecule has 1 fully saturated rings. The molecule has 8 atom stereocenters. The molecule has 0 spiro atoms. The lowest BCUT2D eigenvalue weighted by atomic mass is 9.98. The highest BCUT2D eigenvalue weighted by Crippen LogP contribution is 2.44. The van der Waals surface area contributed by atoms with Crippen molar-refractivity contribution in [2.24, 2.45) is 0 Å². The van der Waals surface area contributed by atoms with Gasteiger partial charge in [0, 0.05) is 51.6 Å². The second-order valence-electron chi connectivity index (χ2n) is 13.0. The monoisotopic (exact) mass is 745 g/mol. The van der Waals surface area contributed by atoms with Crippen LogP contribution in [0.3, 0.4) is 0 Å². The van der Waals surface area contributed by atoms with E-state index in [1.54, 1.807) is 0 Å². The average molecular weight is 746 g/mol. The van der Waals surface area contributed by atoms with Crippen LogP contribution in [0.1, 0.15) is 66.4 Å². The van der Waals surface area contributed by atoms with Gasteiger partial charge in [0.05, 0.1) is 4.92 Å². The molecule has 3 heterocycles. The topological polar surface area (TPSA) is 212 Å². The number of carbonyl (C=O) groups is 5. The van der Waals surface area contributed by atoms with E-state index >= 15 is 0 Å². The fourth-order valence-corrected chi connectivity index (χ4v) is 6.75. The Bertz CT molecular complexity index is 1480. The minimum absolute atomic E-state index is 0.134. The minimum Gasteiger partial charge on any atom is -0.544 e. The van der Waals surface area contributed by atoms with E-state index in [-0.39, 0.29) is 15.8 Å². The largest absolute Gasteiger partial charge is 0.544 e. The second kappa shape index (κ2) is 16.4. The Morgan fingerprint density at radius 1 is 0.840 bits per heavy atom. The van der Waals surface area contributed by atoms with Gasteiger partial charge in [-0.3, -0.25) is 34.1 Å². The highest BCUT2D eigenvalue weighted by Gasteiger charge is 2.54. The number of carbonyl (C=O) groups excluding carboxylic acids is 5. The van der Waals surface area contributed by atoms with Crippen molar-refractivity contribution in [1.29, 1.82) is 0 Å². The molecule has 3 rings (SSSR count). The molecule has 1 aromatic heterocycles. The van der Waals surface area contributed by atoms with Crippen molar-refractivity contribution >= 4 is 54.5 Å². The van der Waals surface area contributed by atoms with Crippen LogP contribution >= 0.6 is 11.3 Å². The lowest BCUT2D eigenvalue weighted by Crippen LogP contribution is -2.63. The molecule has 2 aliphatic rings. The molecule has 17 nitrogen and oxygen atoms in total. The van der Waals surface area contributed by atoms with Crippen LogP contribution in [0.2, 0.25) is 18.1 Å². The van der Waals surface area contributed by atoms with Gasteiger partial charge in [-0.15, -0.1) is 0 Å². The van der Waals surface area contributed by atoms with E-state index in [1.807, 2.05) is 33.9 Å². The third-order valence-electron chi connectivity index (χ3n) is 7.90. The number of nitro groups is 1. The van der Waals surface area contributed by atoms with Crippen LogP contribution in [0.25, 0.3) is 0 Å². The molecule has 0 aromatic carbocycles. The number of hydrogen-bond donors (Lipinski definition) is 0. The highest BCUT2D eigenvalue weighted by molar-refractivity contribution is 7.15. The van der Waals surface area contributed by atoms with Gasteiger partial charge in [0.2, 0.25) is 14.6 Å². The van der Waals surface area contributed by atoms with Gasteiger partial charge >= 0.3 is 34.8 Å². The standard InChI is InChI=1S/C31H43NO16SSi/c1-15(33)40-14-21-26(42-17(3)35)28(43-18(4)36)29(44-19(5)37)30(45-21)47-24-13-20(48-50(9,10)31(6,7)8)25(41-16(2)34)27(46-24)22-11-12-23(49-22)32(38)39/h11-13,21,24-30H,14H2,1-10H3/t21-,24-,25+,26-,27+,28+,29-,30+/m1/s1. The Labute approximate surface area is 293 Å². The maximum Gasteiger partial charge on any atom is 0.324 e. The third kappa shape index (κ3) is 10.5. The number of esters is 5. The number of hydrogen-bond acceptors (Lipinski definition) is 17. The first-order valence-electron chi connectivity index (χ1n) is 15.5. The average Bonchev–Trinajstić information content (AvgIpc) is 3.45. The summed E-state index contributed by atoms with van der Waals surface area (Å²) in [7, 11) is -2.66. The van der Waals surface area contributed by atoms with E-state index in [1.165, 1.54) is 25.1 Å². The molecule has 278 valence electrons. The van der Waals surface area contributed by atoms with Gasteiger partial charge in [-0.2, -0.15) is 0 Å². The first-order valence-corrected chi connectivity index (χ1v) is 19.3. The molecule has 19 heteroatoms. The molecular weight excluding hydrogens is 702 g/mol. The summed E-state index contributed by atoms with van der Waals surface area (Å²) in [6.07, 6.45) is -9.88. The molecular formula is C31H43NO16SSi. The number of nitrogens with zero attached hydrogens (tertiary/aromatic N) is 1. The van der Waals surface area contributed by atoms with Gasteiger partial charge in [0.25, 0.3) is 0 Å². The lowest BCUT2D eigenvalue weighted by molar-refractivity contribution is -0.380. The van der Waals surface area contributed by atoms with Crippen LogP contribution < -0.4 is 0 Å². The van der Waals surface area contributed by atoms with E-state index < -0.39 is 98.9 Å². The first kappa shape index (κ1) is 40.5. The van der Waals surface area contributed by atoms with E-state index in [4.69, 9.17) is 42.3 Å². The van der Waals surface area contributed by atoms with Crippen LogP contribution in [0.4, 0.5) is 5.00 Å². The van der Waals surface area contributed by atoms with Crippen LogP contribution in [-0.4, -0.2) is 92.8 Å². The van der Waals surface area contributed by atoms with Crippen LogP contribution in [0, 0.1) is 10.1 Å². The molecule has 0 radical (unpaired) electrons. The Morgan fingerprint density at radius 2 is 1.40 bits per heavy atom. The summed E-state index contributed by atoms with van der Waals surface area (Å²) in [5.41, 5.74) is 0. The molecule has 1 saturated heterocycles. The molecule has 0 aliphatic carbocycles. The number of thiophene rings is 1. The van der Waals surface area contributed by atoms with Crippen LogP contribution in [-0.2, 0) is 66.3 Å². The predicted molar refractivity (Wildman–Crippen MR) is 174 cm³/mol. The van der Waals surface area contributed by atoms with E-state index in [0.717, 1.165) is 39.0 Å². The normalized spacial score (nSPS) is 26.9. The second-order valence-corrected chi connectivity index (χ2v) is 18.8. The number of rotatable bonds is 12. The zero-order valence-corrected chi connectivity index (χ0v) is 31.3. The summed E-state index contributed by atoms with van der Waals surface area (Å²) in [5.74, 6) is -3.73. The van der Waals surface area contributed by atoms with Gasteiger partial charge < -0.3 is 42.3 Å². The van der Waals surface area contributed by atoms with Gasteiger partial charge in [0.15, 0.2) is 30.7 Å². The number of ether oxygens (including phenoxy) is 8. The van der Waals surface area contributed by atoms with Crippen molar-refractivity contribution < 1.29 is 71.2 Å². The molecule has 2 aliphatic heterocycles. The van der Waals surface area contributed by atoms with Gasteiger partial charge in [-0.05, 0) is 24.2 Å². The molecule has 1 aromatic rings. The van der Waals surface area contributed by atoms with E-state index in [2.05, 4.69) is 0 Å². The summed E-state index contributed by atoms with van der Waals surface area (Å²) in [6, 6.07) is 2.72. The SMILES string of the molecule is CC(=O)OC[C@H]1O[C@@H](O[C@@H]2C=C(O[Si](C)(C)C(C)(C)C)[C@H](OC(C)=O)[C@H](c3ccc([N+](=O)[O-])s3)O2)[C@H](OC(C)=O)[C@@H](OC(C)=O)[C@@H]1OC(C)=O. The molecule has 0 amide bonds. The van der Waals surface area contributed by atoms with E-state index in [0.29, 0.717) is 4.88 Å². The van der Waals surface area contributed by atoms with Crippen LogP contribution in [0.5, 0.6) is 0 Å². The quantitative estimate of drug-likeness (QED) is 0.0973. The third-order valence-corrected chi connectivity index (χ3v) is 13.4. The molecule has 0 saturated carbocycles. The lowest BCUT2D eigenvalue weighted by Gasteiger charge is -2.46. The van der Waals surface area contributed by atoms with Crippen molar-refractivity contribution in [3.8, 4) is 0 Å². The molecule has 0 N–H and O–H groups in total. The van der Waals surface area contributed by atoms with Crippen molar-refractivity contribution in [1.82, 2.24) is 0 Å². The Morgan fingerprint density at radius 3 is 1.90 bits per heavy atom. The van der Waals surface area contributed by atoms with Crippen LogP contribution in [0.15, 0.2) is 24.0 Å². The predicted octanol–water partition coefficient (Wildman–Crippen LogP) is 3.99. The first-order chi connectivity index (χ1) is 23.1. The maximum absolute atomic E-state index is 12.4. The van der Waals surface area contributed by atoms with E-state index in [9.17, 15) is 34.1 Å². The maximum atomic E-state index is 12.4. The highest BCUT2D eigenvalue weighted by atomic mass is 32.1.